The first-order chi connectivity index (χ1) is 14.8. The van der Waals surface area contributed by atoms with Gasteiger partial charge in [-0.3, -0.25) is 10.1 Å². The summed E-state index contributed by atoms with van der Waals surface area (Å²) in [5.74, 6) is 1.43. The first kappa shape index (κ1) is 18.8. The number of aryl methyl sites for hydroxylation is 1. The van der Waals surface area contributed by atoms with Crippen molar-refractivity contribution in [1.29, 1.82) is 0 Å². The first-order valence-electron chi connectivity index (χ1n) is 10.6. The number of pyridine rings is 1. The van der Waals surface area contributed by atoms with Crippen LogP contribution in [0.2, 0.25) is 0 Å². The fourth-order valence-electron chi connectivity index (χ4n) is 4.15. The standard InChI is InChI=1S/C25H26N4O/c1-17-22-13-20(7-8-24(22)29-28-17)23-14-21(30-16-18-9-11-26-12-10-18)15-27-25(23)19-5-3-2-4-6-19/h2-8,13-15,18,26H,9-12,16H2,1H3,(H,28,29). The van der Waals surface area contributed by atoms with Crippen LogP contribution in [0, 0.1) is 12.8 Å². The SMILES string of the molecule is Cc1n[nH]c2ccc(-c3cc(OCC4CCNCC4)cnc3-c3ccccc3)cc12. The normalized spacial score (nSPS) is 14.8. The van der Waals surface area contributed by atoms with Crippen molar-refractivity contribution in [1.82, 2.24) is 20.5 Å². The topological polar surface area (TPSA) is 62.8 Å². The summed E-state index contributed by atoms with van der Waals surface area (Å²) in [6.45, 7) is 4.92. The van der Waals surface area contributed by atoms with Crippen molar-refractivity contribution in [3.05, 3.63) is 66.5 Å². The smallest absolute Gasteiger partial charge is 0.138 e. The van der Waals surface area contributed by atoms with Gasteiger partial charge in [-0.25, -0.2) is 0 Å². The van der Waals surface area contributed by atoms with Crippen molar-refractivity contribution in [3.8, 4) is 28.1 Å². The van der Waals surface area contributed by atoms with Crippen LogP contribution >= 0.6 is 0 Å². The number of hydrogen-bond acceptors (Lipinski definition) is 4. The molecule has 1 aliphatic rings. The number of fused-ring (bicyclic) bond motifs is 1. The van der Waals surface area contributed by atoms with Gasteiger partial charge in [0.05, 0.1) is 29.7 Å². The minimum Gasteiger partial charge on any atom is -0.492 e. The highest BCUT2D eigenvalue weighted by Gasteiger charge is 2.16. The van der Waals surface area contributed by atoms with Crippen molar-refractivity contribution < 1.29 is 4.74 Å². The van der Waals surface area contributed by atoms with Gasteiger partial charge in [0.2, 0.25) is 0 Å². The summed E-state index contributed by atoms with van der Waals surface area (Å²) >= 11 is 0. The van der Waals surface area contributed by atoms with E-state index in [-0.39, 0.29) is 0 Å². The molecule has 4 aromatic rings. The summed E-state index contributed by atoms with van der Waals surface area (Å²) in [5.41, 5.74) is 6.30. The number of piperidine rings is 1. The molecule has 3 heterocycles. The van der Waals surface area contributed by atoms with E-state index in [0.29, 0.717) is 5.92 Å². The Hall–Kier alpha value is -3.18. The monoisotopic (exact) mass is 398 g/mol. The van der Waals surface area contributed by atoms with Crippen molar-refractivity contribution in [2.24, 2.45) is 5.92 Å². The van der Waals surface area contributed by atoms with Gasteiger partial charge in [-0.15, -0.1) is 0 Å². The quantitative estimate of drug-likeness (QED) is 0.498. The number of ether oxygens (including phenoxy) is 1. The average Bonchev–Trinajstić information content (AvgIpc) is 3.19. The lowest BCUT2D eigenvalue weighted by molar-refractivity contribution is 0.215. The van der Waals surface area contributed by atoms with E-state index in [2.05, 4.69) is 51.9 Å². The number of nitrogens with zero attached hydrogens (tertiary/aromatic N) is 2. The van der Waals surface area contributed by atoms with E-state index in [9.17, 15) is 0 Å². The van der Waals surface area contributed by atoms with Gasteiger partial charge in [0.15, 0.2) is 0 Å². The number of benzene rings is 2. The summed E-state index contributed by atoms with van der Waals surface area (Å²) in [6, 6.07) is 18.9. The Morgan fingerprint density at radius 1 is 1.00 bits per heavy atom. The number of hydrogen-bond donors (Lipinski definition) is 2. The van der Waals surface area contributed by atoms with Crippen molar-refractivity contribution >= 4 is 10.9 Å². The summed E-state index contributed by atoms with van der Waals surface area (Å²) in [5, 5.41) is 12.0. The second kappa shape index (κ2) is 8.28. The number of rotatable bonds is 5. The molecule has 30 heavy (non-hydrogen) atoms. The number of aromatic amines is 1. The molecule has 2 aromatic heterocycles. The van der Waals surface area contributed by atoms with E-state index in [0.717, 1.165) is 64.4 Å². The van der Waals surface area contributed by atoms with Gasteiger partial charge in [0.1, 0.15) is 5.75 Å². The van der Waals surface area contributed by atoms with E-state index in [1.54, 1.807) is 0 Å². The summed E-state index contributed by atoms with van der Waals surface area (Å²) < 4.78 is 6.19. The van der Waals surface area contributed by atoms with Crippen LogP contribution in [0.25, 0.3) is 33.3 Å². The summed E-state index contributed by atoms with van der Waals surface area (Å²) in [6.07, 6.45) is 4.19. The van der Waals surface area contributed by atoms with Crippen LogP contribution in [0.15, 0.2) is 60.8 Å². The molecule has 0 aliphatic carbocycles. The van der Waals surface area contributed by atoms with Gasteiger partial charge in [-0.05, 0) is 62.5 Å². The van der Waals surface area contributed by atoms with Crippen LogP contribution < -0.4 is 10.1 Å². The van der Waals surface area contributed by atoms with Gasteiger partial charge < -0.3 is 10.1 Å². The third-order valence-electron chi connectivity index (χ3n) is 5.92. The second-order valence-corrected chi connectivity index (χ2v) is 8.01. The number of nitrogens with one attached hydrogen (secondary N) is 2. The lowest BCUT2D eigenvalue weighted by atomic mass is 9.97. The molecule has 0 spiro atoms. The number of aromatic nitrogens is 3. The first-order valence-corrected chi connectivity index (χ1v) is 10.6. The molecule has 0 radical (unpaired) electrons. The molecule has 1 fully saturated rings. The highest BCUT2D eigenvalue weighted by atomic mass is 16.5. The second-order valence-electron chi connectivity index (χ2n) is 8.01. The lowest BCUT2D eigenvalue weighted by Gasteiger charge is -2.22. The van der Waals surface area contributed by atoms with Crippen LogP contribution in [0.1, 0.15) is 18.5 Å². The molecule has 0 unspecified atom stereocenters. The molecule has 0 atom stereocenters. The van der Waals surface area contributed by atoms with Crippen molar-refractivity contribution in [2.75, 3.05) is 19.7 Å². The molecule has 2 aromatic carbocycles. The maximum Gasteiger partial charge on any atom is 0.138 e. The Balaban J connectivity index is 1.53. The molecule has 1 saturated heterocycles. The zero-order chi connectivity index (χ0) is 20.3. The molecule has 5 nitrogen and oxygen atoms in total. The number of H-pyrrole nitrogens is 1. The minimum absolute atomic E-state index is 0.605. The third-order valence-corrected chi connectivity index (χ3v) is 5.92. The Morgan fingerprint density at radius 3 is 2.67 bits per heavy atom. The van der Waals surface area contributed by atoms with Crippen molar-refractivity contribution in [2.45, 2.75) is 19.8 Å². The predicted octanol–water partition coefficient (Wildman–Crippen LogP) is 4.98. The average molecular weight is 399 g/mol. The zero-order valence-corrected chi connectivity index (χ0v) is 17.2. The molecule has 0 amide bonds. The highest BCUT2D eigenvalue weighted by Crippen LogP contribution is 2.35. The molecule has 1 aliphatic heterocycles. The molecule has 152 valence electrons. The Labute approximate surface area is 176 Å². The minimum atomic E-state index is 0.605. The van der Waals surface area contributed by atoms with Crippen molar-refractivity contribution in [3.63, 3.8) is 0 Å². The summed E-state index contributed by atoms with van der Waals surface area (Å²) in [4.78, 5) is 4.82. The van der Waals surface area contributed by atoms with E-state index in [1.807, 2.05) is 31.3 Å². The van der Waals surface area contributed by atoms with Gasteiger partial charge >= 0.3 is 0 Å². The molecule has 0 bridgehead atoms. The molecule has 0 saturated carbocycles. The molecule has 5 rings (SSSR count). The molecular formula is C25H26N4O. The van der Waals surface area contributed by atoms with E-state index >= 15 is 0 Å². The van der Waals surface area contributed by atoms with Crippen LogP contribution in [0.4, 0.5) is 0 Å². The van der Waals surface area contributed by atoms with E-state index < -0.39 is 0 Å². The van der Waals surface area contributed by atoms with E-state index in [4.69, 9.17) is 9.72 Å². The van der Waals surface area contributed by atoms with Crippen LogP contribution in [-0.4, -0.2) is 34.9 Å². The fourth-order valence-corrected chi connectivity index (χ4v) is 4.15. The zero-order valence-electron chi connectivity index (χ0n) is 17.2. The predicted molar refractivity (Wildman–Crippen MR) is 121 cm³/mol. The Kier molecular flexibility index (Phi) is 5.20. The molecular weight excluding hydrogens is 372 g/mol. The van der Waals surface area contributed by atoms with E-state index in [1.165, 1.54) is 12.8 Å². The Bertz CT molecular complexity index is 1150. The van der Waals surface area contributed by atoms with Gasteiger partial charge in [0, 0.05) is 16.5 Å². The highest BCUT2D eigenvalue weighted by molar-refractivity contribution is 5.90. The Morgan fingerprint density at radius 2 is 1.83 bits per heavy atom. The fraction of sp³-hybridized carbons (Fsp3) is 0.280. The summed E-state index contributed by atoms with van der Waals surface area (Å²) in [7, 11) is 0. The lowest BCUT2D eigenvalue weighted by Crippen LogP contribution is -2.30. The maximum atomic E-state index is 6.19. The third kappa shape index (κ3) is 3.81. The molecule has 2 N–H and O–H groups in total. The van der Waals surface area contributed by atoms with Crippen LogP contribution in [0.3, 0.4) is 0 Å². The van der Waals surface area contributed by atoms with Gasteiger partial charge in [0.25, 0.3) is 0 Å². The van der Waals surface area contributed by atoms with Gasteiger partial charge in [-0.1, -0.05) is 36.4 Å². The maximum absolute atomic E-state index is 6.19. The largest absolute Gasteiger partial charge is 0.492 e. The van der Waals surface area contributed by atoms with Crippen LogP contribution in [0.5, 0.6) is 5.75 Å². The van der Waals surface area contributed by atoms with Crippen LogP contribution in [-0.2, 0) is 0 Å². The van der Waals surface area contributed by atoms with Gasteiger partial charge in [-0.2, -0.15) is 5.10 Å². The molecule has 5 heteroatoms.